The molecule has 0 aliphatic heterocycles. The lowest BCUT2D eigenvalue weighted by atomic mass is 9.43. The third-order valence-corrected chi connectivity index (χ3v) is 8.90. The van der Waals surface area contributed by atoms with E-state index in [1.807, 2.05) is 0 Å². The zero-order valence-electron chi connectivity index (χ0n) is 16.0. The second-order valence-corrected chi connectivity index (χ2v) is 10.0. The SMILES string of the molecule is CC(=O)O[C@]12C[C@@H](O)CC[C@]1(C)[C@H]1CC[C@]3(C)CCC[C@H]3[C@@H]1C[C@H]2O. The van der Waals surface area contributed by atoms with Crippen LogP contribution in [0.5, 0.6) is 0 Å². The average molecular weight is 350 g/mol. The molecule has 0 aromatic rings. The maximum absolute atomic E-state index is 11.9. The second-order valence-electron chi connectivity index (χ2n) is 10.0. The third-order valence-electron chi connectivity index (χ3n) is 8.90. The van der Waals surface area contributed by atoms with Gasteiger partial charge in [-0.15, -0.1) is 0 Å². The van der Waals surface area contributed by atoms with Gasteiger partial charge < -0.3 is 14.9 Å². The monoisotopic (exact) mass is 350 g/mol. The fraction of sp³-hybridized carbons (Fsp3) is 0.952. The summed E-state index contributed by atoms with van der Waals surface area (Å²) in [5.74, 6) is 1.37. The Morgan fingerprint density at radius 1 is 1.04 bits per heavy atom. The molecule has 4 saturated carbocycles. The number of rotatable bonds is 1. The number of hydrogen-bond acceptors (Lipinski definition) is 4. The number of hydrogen-bond donors (Lipinski definition) is 2. The number of esters is 1. The highest BCUT2D eigenvalue weighted by atomic mass is 16.6. The molecule has 0 spiro atoms. The third kappa shape index (κ3) is 2.36. The van der Waals surface area contributed by atoms with Gasteiger partial charge in [-0.1, -0.05) is 20.3 Å². The Morgan fingerprint density at radius 2 is 1.80 bits per heavy atom. The maximum Gasteiger partial charge on any atom is 0.303 e. The molecule has 0 heterocycles. The molecule has 0 aromatic heterocycles. The van der Waals surface area contributed by atoms with Gasteiger partial charge in [0.2, 0.25) is 0 Å². The summed E-state index contributed by atoms with van der Waals surface area (Å²) >= 11 is 0. The van der Waals surface area contributed by atoms with Crippen LogP contribution >= 0.6 is 0 Å². The van der Waals surface area contributed by atoms with Crippen LogP contribution in [0.1, 0.15) is 78.6 Å². The van der Waals surface area contributed by atoms with Crippen molar-refractivity contribution in [2.75, 3.05) is 0 Å². The topological polar surface area (TPSA) is 66.8 Å². The molecule has 4 fully saturated rings. The molecule has 142 valence electrons. The molecule has 0 saturated heterocycles. The van der Waals surface area contributed by atoms with E-state index in [-0.39, 0.29) is 11.4 Å². The first-order valence-corrected chi connectivity index (χ1v) is 10.3. The number of carbonyl (C=O) groups is 1. The van der Waals surface area contributed by atoms with Crippen LogP contribution in [0.3, 0.4) is 0 Å². The fourth-order valence-corrected chi connectivity index (χ4v) is 7.71. The predicted molar refractivity (Wildman–Crippen MR) is 94.7 cm³/mol. The Kier molecular flexibility index (Phi) is 4.05. The largest absolute Gasteiger partial charge is 0.456 e. The molecule has 4 rings (SSSR count). The quantitative estimate of drug-likeness (QED) is 0.711. The van der Waals surface area contributed by atoms with Crippen molar-refractivity contribution >= 4 is 5.97 Å². The lowest BCUT2D eigenvalue weighted by Crippen LogP contribution is -2.69. The van der Waals surface area contributed by atoms with Crippen LogP contribution in [0, 0.1) is 28.6 Å². The molecule has 0 unspecified atom stereocenters. The van der Waals surface area contributed by atoms with Crippen molar-refractivity contribution in [2.24, 2.45) is 28.6 Å². The minimum atomic E-state index is -0.913. The molecule has 0 radical (unpaired) electrons. The minimum absolute atomic E-state index is 0.232. The number of ether oxygens (including phenoxy) is 1. The van der Waals surface area contributed by atoms with Gasteiger partial charge in [-0.05, 0) is 68.1 Å². The molecule has 4 aliphatic carbocycles. The van der Waals surface area contributed by atoms with E-state index in [1.165, 1.54) is 39.0 Å². The van der Waals surface area contributed by atoms with Crippen LogP contribution < -0.4 is 0 Å². The van der Waals surface area contributed by atoms with Crippen LogP contribution in [0.15, 0.2) is 0 Å². The lowest BCUT2D eigenvalue weighted by molar-refractivity contribution is -0.273. The highest BCUT2D eigenvalue weighted by Crippen LogP contribution is 2.68. The second kappa shape index (κ2) is 5.69. The number of fused-ring (bicyclic) bond motifs is 5. The summed E-state index contributed by atoms with van der Waals surface area (Å²) < 4.78 is 5.90. The average Bonchev–Trinajstić information content (AvgIpc) is 2.92. The first-order valence-electron chi connectivity index (χ1n) is 10.3. The van der Waals surface area contributed by atoms with Gasteiger partial charge in [-0.3, -0.25) is 4.79 Å². The summed E-state index contributed by atoms with van der Waals surface area (Å²) in [6, 6.07) is 0. The first kappa shape index (κ1) is 17.8. The Morgan fingerprint density at radius 3 is 2.52 bits per heavy atom. The van der Waals surface area contributed by atoms with Gasteiger partial charge in [0.15, 0.2) is 0 Å². The Bertz CT molecular complexity index is 562. The van der Waals surface area contributed by atoms with Gasteiger partial charge in [-0.25, -0.2) is 0 Å². The van der Waals surface area contributed by atoms with E-state index in [1.54, 1.807) is 0 Å². The maximum atomic E-state index is 11.9. The Hall–Kier alpha value is -0.610. The first-order chi connectivity index (χ1) is 11.7. The molecule has 25 heavy (non-hydrogen) atoms. The van der Waals surface area contributed by atoms with Crippen molar-refractivity contribution in [3.63, 3.8) is 0 Å². The van der Waals surface area contributed by atoms with Crippen LogP contribution in [0.2, 0.25) is 0 Å². The summed E-state index contributed by atoms with van der Waals surface area (Å²) in [5.41, 5.74) is -0.707. The molecule has 0 bridgehead atoms. The summed E-state index contributed by atoms with van der Waals surface area (Å²) in [7, 11) is 0. The molecule has 4 aliphatic rings. The van der Waals surface area contributed by atoms with E-state index < -0.39 is 17.8 Å². The molecule has 0 amide bonds. The summed E-state index contributed by atoms with van der Waals surface area (Å²) in [5, 5.41) is 21.6. The zero-order valence-corrected chi connectivity index (χ0v) is 16.0. The highest BCUT2D eigenvalue weighted by Gasteiger charge is 2.68. The number of carbonyl (C=O) groups excluding carboxylic acids is 1. The fourth-order valence-electron chi connectivity index (χ4n) is 7.71. The smallest absolute Gasteiger partial charge is 0.303 e. The van der Waals surface area contributed by atoms with E-state index in [4.69, 9.17) is 4.74 Å². The molecule has 8 atom stereocenters. The van der Waals surface area contributed by atoms with Gasteiger partial charge in [0.25, 0.3) is 0 Å². The van der Waals surface area contributed by atoms with Crippen LogP contribution in [0.4, 0.5) is 0 Å². The zero-order chi connectivity index (χ0) is 18.0. The summed E-state index contributed by atoms with van der Waals surface area (Å²) in [6.07, 6.45) is 7.87. The minimum Gasteiger partial charge on any atom is -0.456 e. The standard InChI is InChI=1S/C21H34O4/c1-13(22)25-21-12-14(23)6-10-20(21,3)17-7-9-19(2)8-4-5-16(19)15(17)11-18(21)24/h14-18,23-24H,4-12H2,1-3H3/t14-,15-,16-,17-,18+,19-,20+,21-/m0/s1. The van der Waals surface area contributed by atoms with Crippen molar-refractivity contribution in [2.45, 2.75) is 96.4 Å². The summed E-state index contributed by atoms with van der Waals surface area (Å²) in [4.78, 5) is 11.9. The van der Waals surface area contributed by atoms with E-state index in [0.717, 1.165) is 19.3 Å². The van der Waals surface area contributed by atoms with Gasteiger partial charge in [0.05, 0.1) is 12.2 Å². The molecular formula is C21H34O4. The highest BCUT2D eigenvalue weighted by molar-refractivity contribution is 5.67. The van der Waals surface area contributed by atoms with Crippen molar-refractivity contribution < 1.29 is 19.7 Å². The molecule has 4 heteroatoms. The van der Waals surface area contributed by atoms with E-state index >= 15 is 0 Å². The van der Waals surface area contributed by atoms with Crippen LogP contribution in [-0.4, -0.2) is 34.0 Å². The van der Waals surface area contributed by atoms with E-state index in [9.17, 15) is 15.0 Å². The Balaban J connectivity index is 1.75. The van der Waals surface area contributed by atoms with Crippen molar-refractivity contribution in [3.8, 4) is 0 Å². The van der Waals surface area contributed by atoms with Gasteiger partial charge >= 0.3 is 5.97 Å². The van der Waals surface area contributed by atoms with E-state index in [2.05, 4.69) is 13.8 Å². The normalized spacial score (nSPS) is 55.0. The molecule has 0 aromatic carbocycles. The Labute approximate surface area is 151 Å². The summed E-state index contributed by atoms with van der Waals surface area (Å²) in [6.45, 7) is 6.12. The molecule has 2 N–H and O–H groups in total. The van der Waals surface area contributed by atoms with Gasteiger partial charge in [0, 0.05) is 18.8 Å². The lowest BCUT2D eigenvalue weighted by Gasteiger charge is -2.65. The predicted octanol–water partition coefficient (Wildman–Crippen LogP) is 3.44. The van der Waals surface area contributed by atoms with Gasteiger partial charge in [-0.2, -0.15) is 0 Å². The van der Waals surface area contributed by atoms with Crippen LogP contribution in [-0.2, 0) is 9.53 Å². The number of aliphatic hydroxyl groups is 2. The molecule has 4 nitrogen and oxygen atoms in total. The number of aliphatic hydroxyl groups excluding tert-OH is 2. The van der Waals surface area contributed by atoms with E-state index in [0.29, 0.717) is 29.6 Å². The van der Waals surface area contributed by atoms with Gasteiger partial charge in [0.1, 0.15) is 5.60 Å². The van der Waals surface area contributed by atoms with Crippen molar-refractivity contribution in [1.82, 2.24) is 0 Å². The van der Waals surface area contributed by atoms with Crippen molar-refractivity contribution in [3.05, 3.63) is 0 Å². The van der Waals surface area contributed by atoms with Crippen LogP contribution in [0.25, 0.3) is 0 Å². The van der Waals surface area contributed by atoms with Crippen molar-refractivity contribution in [1.29, 1.82) is 0 Å². The molecular weight excluding hydrogens is 316 g/mol.